The van der Waals surface area contributed by atoms with Crippen molar-refractivity contribution in [1.82, 2.24) is 0 Å². The molecule has 0 aliphatic rings. The van der Waals surface area contributed by atoms with Crippen molar-refractivity contribution in [1.29, 1.82) is 10.5 Å². The number of rotatable bonds is 0. The van der Waals surface area contributed by atoms with E-state index < -0.39 is 0 Å². The van der Waals surface area contributed by atoms with E-state index in [4.69, 9.17) is 10.5 Å². The average molecular weight is 377 g/mol. The molecule has 87 valence electrons. The topological polar surface area (TPSA) is 180 Å². The van der Waals surface area contributed by atoms with Crippen molar-refractivity contribution in [2.45, 2.75) is 13.8 Å². The van der Waals surface area contributed by atoms with Gasteiger partial charge in [0.25, 0.3) is 0 Å². The molecule has 0 heterocycles. The summed E-state index contributed by atoms with van der Waals surface area (Å²) in [7, 11) is 0. The van der Waals surface area contributed by atoms with E-state index in [9.17, 15) is 0 Å². The predicted molar refractivity (Wildman–Crippen MR) is 42.1 cm³/mol. The predicted octanol–water partition coefficient (Wildman–Crippen LogP) is -8.62. The molecule has 0 aliphatic heterocycles. The van der Waals surface area contributed by atoms with Crippen molar-refractivity contribution in [3.8, 4) is 12.1 Å². The van der Waals surface area contributed by atoms with Crippen molar-refractivity contribution in [2.24, 2.45) is 0 Å². The van der Waals surface area contributed by atoms with E-state index in [-0.39, 0.29) is 72.6 Å². The maximum Gasteiger partial charge on any atom is 2.00 e. The molecule has 1 radical (unpaired) electrons. The quantitative estimate of drug-likeness (QED) is 0.381. The molecular formula is C4H18Br2CoN2O4+4. The van der Waals surface area contributed by atoms with E-state index in [1.54, 1.807) is 12.1 Å². The van der Waals surface area contributed by atoms with Crippen LogP contribution in [0.1, 0.15) is 13.8 Å². The first-order chi connectivity index (χ1) is 2.83. The molecular weight excluding hydrogens is 359 g/mol. The average Bonchev–Trinajstić information content (AvgIpc) is 1.39. The second kappa shape index (κ2) is 299. The van der Waals surface area contributed by atoms with E-state index >= 15 is 0 Å². The Kier molecular flexibility index (Phi) is 2510. The Morgan fingerprint density at radius 2 is 0.692 bits per heavy atom. The Morgan fingerprint density at radius 3 is 0.692 bits per heavy atom. The molecule has 0 rings (SSSR count). The molecule has 0 saturated heterocycles. The first-order valence-corrected chi connectivity index (χ1v) is 1.45. The molecule has 12 N–H and O–H groups in total. The standard InChI is InChI=1S/2C2H3N.2BrH.Co.4H2O/c2*1-2-3;;;;;;;/h2*1H3;2*1H;;4*1H2/q;;;;+2;;;;/p+2. The molecule has 0 fully saturated rings. The second-order valence-electron chi connectivity index (χ2n) is 0.447. The minimum absolute atomic E-state index is 0. The second-order valence-corrected chi connectivity index (χ2v) is 0.447. The fourth-order valence-electron chi connectivity index (χ4n) is 0. The van der Waals surface area contributed by atoms with Gasteiger partial charge in [0, 0.05) is 13.8 Å². The molecule has 9 heteroatoms. The van der Waals surface area contributed by atoms with Gasteiger partial charge in [-0.15, -0.1) is 0 Å². The summed E-state index contributed by atoms with van der Waals surface area (Å²) in [5.41, 5.74) is 0. The molecule has 0 aromatic rings. The number of halogens is 2. The molecule has 0 aliphatic carbocycles. The summed E-state index contributed by atoms with van der Waals surface area (Å²) in [6.45, 7) is 2.86. The van der Waals surface area contributed by atoms with Gasteiger partial charge in [0.2, 0.25) is 0 Å². The molecule has 0 bridgehead atoms. The van der Waals surface area contributed by atoms with E-state index in [0.29, 0.717) is 0 Å². The van der Waals surface area contributed by atoms with Gasteiger partial charge < -0.3 is 55.9 Å². The molecule has 0 unspecified atom stereocenters. The first kappa shape index (κ1) is 109. The van der Waals surface area contributed by atoms with Gasteiger partial charge in [0.05, 0.1) is 12.1 Å². The van der Waals surface area contributed by atoms with Crippen LogP contribution in [0.5, 0.6) is 0 Å². The molecule has 0 spiro atoms. The number of nitrogens with zero attached hydrogens (tertiary/aromatic N) is 2. The summed E-state index contributed by atoms with van der Waals surface area (Å²) < 4.78 is 0. The van der Waals surface area contributed by atoms with Crippen LogP contribution in [0.3, 0.4) is 0 Å². The van der Waals surface area contributed by atoms with Crippen LogP contribution in [0.4, 0.5) is 0 Å². The van der Waals surface area contributed by atoms with Crippen LogP contribution in [0.15, 0.2) is 0 Å². The van der Waals surface area contributed by atoms with Crippen LogP contribution in [0.25, 0.3) is 0 Å². The normalized spacial score (nSPS) is 1.23. The smallest absolute Gasteiger partial charge is 1.00 e. The van der Waals surface area contributed by atoms with Crippen molar-refractivity contribution < 1.29 is 72.6 Å². The minimum Gasteiger partial charge on any atom is -1.00 e. The number of hydrogen-bond acceptors (Lipinski definition) is 2. The van der Waals surface area contributed by atoms with E-state index in [0.717, 1.165) is 0 Å². The molecule has 0 aromatic heterocycles. The van der Waals surface area contributed by atoms with Crippen LogP contribution in [-0.2, 0) is 38.7 Å². The van der Waals surface area contributed by atoms with Gasteiger partial charge in [-0.25, -0.2) is 0 Å². The zero-order chi connectivity index (χ0) is 5.41. The third-order valence-electron chi connectivity index (χ3n) is 0. The Morgan fingerprint density at radius 1 is 0.692 bits per heavy atom. The van der Waals surface area contributed by atoms with Gasteiger partial charge >= 0.3 is 16.8 Å². The fraction of sp³-hybridized carbons (Fsp3) is 0.500. The van der Waals surface area contributed by atoms with Crippen molar-refractivity contribution >= 4 is 0 Å². The monoisotopic (exact) mass is 375 g/mol. The first-order valence-electron chi connectivity index (χ1n) is 1.45. The Hall–Kier alpha value is 0.286. The third kappa shape index (κ3) is 15800. The summed E-state index contributed by atoms with van der Waals surface area (Å²) in [6, 6.07) is 3.50. The number of nitriles is 2. The summed E-state index contributed by atoms with van der Waals surface area (Å²) in [6.07, 6.45) is 0. The Labute approximate surface area is 109 Å². The van der Waals surface area contributed by atoms with Gasteiger partial charge in [-0.3, -0.25) is 0 Å². The van der Waals surface area contributed by atoms with E-state index in [2.05, 4.69) is 0 Å². The van der Waals surface area contributed by atoms with Gasteiger partial charge in [0.1, 0.15) is 0 Å². The SMILES string of the molecule is CC#N.CC#N.[Br-].[Br-].[Co+2].[OH3+].[OH3+].[OH3+].[OH3+]. The fourth-order valence-corrected chi connectivity index (χ4v) is 0. The summed E-state index contributed by atoms with van der Waals surface area (Å²) in [5.74, 6) is 0. The number of hydrogen-bond donors (Lipinski definition) is 0. The Balaban J connectivity index is -0.00000000229. The molecule has 0 saturated carbocycles. The van der Waals surface area contributed by atoms with Gasteiger partial charge in [-0.1, -0.05) is 0 Å². The minimum atomic E-state index is 0. The summed E-state index contributed by atoms with van der Waals surface area (Å²) in [4.78, 5) is 0. The third-order valence-corrected chi connectivity index (χ3v) is 0. The Bertz CT molecular complexity index is 83.1. The van der Waals surface area contributed by atoms with Gasteiger partial charge in [-0.05, 0) is 0 Å². The van der Waals surface area contributed by atoms with Crippen LogP contribution in [0, 0.1) is 22.7 Å². The van der Waals surface area contributed by atoms with E-state index in [1.807, 2.05) is 0 Å². The summed E-state index contributed by atoms with van der Waals surface area (Å²) >= 11 is 0. The zero-order valence-electron chi connectivity index (χ0n) is 7.29. The molecule has 0 aromatic carbocycles. The maximum absolute atomic E-state index is 7.32. The molecule has 0 atom stereocenters. The van der Waals surface area contributed by atoms with Crippen LogP contribution in [-0.4, -0.2) is 0 Å². The van der Waals surface area contributed by atoms with Crippen LogP contribution in [0.2, 0.25) is 0 Å². The van der Waals surface area contributed by atoms with Crippen molar-refractivity contribution in [2.75, 3.05) is 0 Å². The van der Waals surface area contributed by atoms with Crippen LogP contribution < -0.4 is 34.0 Å². The molecule has 0 amide bonds. The van der Waals surface area contributed by atoms with E-state index in [1.165, 1.54) is 13.8 Å². The van der Waals surface area contributed by atoms with Crippen molar-refractivity contribution in [3.05, 3.63) is 0 Å². The van der Waals surface area contributed by atoms with Crippen molar-refractivity contribution in [3.63, 3.8) is 0 Å². The van der Waals surface area contributed by atoms with Crippen LogP contribution >= 0.6 is 0 Å². The zero-order valence-corrected chi connectivity index (χ0v) is 11.5. The van der Waals surface area contributed by atoms with Gasteiger partial charge in [0.15, 0.2) is 0 Å². The largest absolute Gasteiger partial charge is 2.00 e. The maximum atomic E-state index is 7.32. The van der Waals surface area contributed by atoms with Gasteiger partial charge in [-0.2, -0.15) is 10.5 Å². The molecule has 6 nitrogen and oxygen atoms in total. The summed E-state index contributed by atoms with van der Waals surface area (Å²) in [5, 5.41) is 14.6. The molecule has 13 heavy (non-hydrogen) atoms.